The van der Waals surface area contributed by atoms with Gasteiger partial charge in [-0.3, -0.25) is 4.79 Å². The van der Waals surface area contributed by atoms with Gasteiger partial charge in [0, 0.05) is 5.69 Å². The summed E-state index contributed by atoms with van der Waals surface area (Å²) in [5.41, 5.74) is 8.21. The van der Waals surface area contributed by atoms with Crippen LogP contribution in [0.15, 0.2) is 18.2 Å². The van der Waals surface area contributed by atoms with E-state index in [4.69, 9.17) is 18.0 Å². The summed E-state index contributed by atoms with van der Waals surface area (Å²) in [6.45, 7) is 6.13. The van der Waals surface area contributed by atoms with E-state index in [-0.39, 0.29) is 5.91 Å². The Kier molecular flexibility index (Phi) is 3.63. The molecule has 1 aromatic rings. The van der Waals surface area contributed by atoms with Gasteiger partial charge in [0.05, 0.1) is 10.4 Å². The molecular weight excluding hydrogens is 256 g/mol. The van der Waals surface area contributed by atoms with Gasteiger partial charge in [-0.2, -0.15) is 0 Å². The van der Waals surface area contributed by atoms with Crippen LogP contribution < -0.4 is 11.1 Å². The Hall–Kier alpha value is -1.42. The third-order valence-corrected chi connectivity index (χ3v) is 4.32. The van der Waals surface area contributed by atoms with Crippen LogP contribution in [0, 0.1) is 25.2 Å². The first-order valence-electron chi connectivity index (χ1n) is 6.54. The van der Waals surface area contributed by atoms with Gasteiger partial charge >= 0.3 is 0 Å². The Labute approximate surface area is 119 Å². The lowest BCUT2D eigenvalue weighted by Crippen LogP contribution is -2.53. The fraction of sp³-hybridized carbons (Fsp3) is 0.467. The van der Waals surface area contributed by atoms with Gasteiger partial charge in [-0.1, -0.05) is 36.8 Å². The van der Waals surface area contributed by atoms with Crippen molar-refractivity contribution < 1.29 is 4.79 Å². The Morgan fingerprint density at radius 3 is 2.53 bits per heavy atom. The molecular formula is C15H20N2OS. The standard InChI is InChI=1S/C15H20N2OS/c1-9-4-5-12(11(3)6-9)17-14(18)15(13(16)19)7-10(2)8-15/h4-6,10H,7-8H2,1-3H3,(H2,16,19)(H,17,18). The summed E-state index contributed by atoms with van der Waals surface area (Å²) in [6.07, 6.45) is 1.50. The molecule has 2 rings (SSSR count). The minimum Gasteiger partial charge on any atom is -0.392 e. The number of amides is 1. The van der Waals surface area contributed by atoms with E-state index in [1.807, 2.05) is 32.0 Å². The molecule has 1 amide bonds. The van der Waals surface area contributed by atoms with Crippen molar-refractivity contribution in [1.29, 1.82) is 0 Å². The van der Waals surface area contributed by atoms with E-state index in [1.165, 1.54) is 5.56 Å². The number of nitrogens with two attached hydrogens (primary N) is 1. The number of benzene rings is 1. The summed E-state index contributed by atoms with van der Waals surface area (Å²) in [4.78, 5) is 12.8. The summed E-state index contributed by atoms with van der Waals surface area (Å²) in [7, 11) is 0. The first-order chi connectivity index (χ1) is 8.85. The van der Waals surface area contributed by atoms with Crippen LogP contribution in [0.2, 0.25) is 0 Å². The molecule has 0 atom stereocenters. The highest BCUT2D eigenvalue weighted by atomic mass is 32.1. The zero-order valence-corrected chi connectivity index (χ0v) is 12.4. The normalized spacial score (nSPS) is 25.5. The van der Waals surface area contributed by atoms with E-state index in [0.29, 0.717) is 10.9 Å². The third-order valence-electron chi connectivity index (χ3n) is 3.93. The smallest absolute Gasteiger partial charge is 0.237 e. The topological polar surface area (TPSA) is 55.1 Å². The number of hydrogen-bond acceptors (Lipinski definition) is 2. The van der Waals surface area contributed by atoms with Crippen molar-refractivity contribution in [2.75, 3.05) is 5.32 Å². The number of anilines is 1. The molecule has 0 spiro atoms. The fourth-order valence-corrected chi connectivity index (χ4v) is 3.08. The van der Waals surface area contributed by atoms with Crippen LogP contribution in [0.5, 0.6) is 0 Å². The maximum absolute atomic E-state index is 12.5. The minimum absolute atomic E-state index is 0.0648. The number of rotatable bonds is 3. The largest absolute Gasteiger partial charge is 0.392 e. The fourth-order valence-electron chi connectivity index (χ4n) is 2.82. The van der Waals surface area contributed by atoms with Crippen LogP contribution in [0.1, 0.15) is 30.9 Å². The monoisotopic (exact) mass is 276 g/mol. The van der Waals surface area contributed by atoms with Gasteiger partial charge in [0.25, 0.3) is 0 Å². The highest BCUT2D eigenvalue weighted by Crippen LogP contribution is 2.46. The van der Waals surface area contributed by atoms with E-state index in [2.05, 4.69) is 12.2 Å². The Morgan fingerprint density at radius 1 is 1.42 bits per heavy atom. The molecule has 0 radical (unpaired) electrons. The van der Waals surface area contributed by atoms with Crippen molar-refractivity contribution in [2.45, 2.75) is 33.6 Å². The summed E-state index contributed by atoms with van der Waals surface area (Å²) < 4.78 is 0. The predicted molar refractivity (Wildman–Crippen MR) is 82.2 cm³/mol. The van der Waals surface area contributed by atoms with E-state index in [9.17, 15) is 4.79 Å². The molecule has 1 fully saturated rings. The zero-order chi connectivity index (χ0) is 14.2. The summed E-state index contributed by atoms with van der Waals surface area (Å²) in [5, 5.41) is 2.98. The van der Waals surface area contributed by atoms with Crippen molar-refractivity contribution >= 4 is 28.8 Å². The number of carbonyl (C=O) groups is 1. The summed E-state index contributed by atoms with van der Waals surface area (Å²) in [5.74, 6) is 0.441. The molecule has 1 aliphatic rings. The maximum Gasteiger partial charge on any atom is 0.237 e. The number of aryl methyl sites for hydroxylation is 2. The first kappa shape index (κ1) is 14.0. The minimum atomic E-state index is -0.647. The van der Waals surface area contributed by atoms with E-state index in [0.717, 1.165) is 24.1 Å². The SMILES string of the molecule is Cc1ccc(NC(=O)C2(C(N)=S)CC(C)C2)c(C)c1. The lowest BCUT2D eigenvalue weighted by molar-refractivity contribution is -0.127. The van der Waals surface area contributed by atoms with Gasteiger partial charge in [-0.15, -0.1) is 0 Å². The number of carbonyl (C=O) groups excluding carboxylic acids is 1. The molecule has 0 heterocycles. The molecule has 102 valence electrons. The van der Waals surface area contributed by atoms with Crippen LogP contribution in [-0.2, 0) is 4.79 Å². The highest BCUT2D eigenvalue weighted by Gasteiger charge is 2.50. The van der Waals surface area contributed by atoms with Gasteiger partial charge < -0.3 is 11.1 Å². The van der Waals surface area contributed by atoms with Gasteiger partial charge in [0.1, 0.15) is 0 Å². The number of hydrogen-bond donors (Lipinski definition) is 2. The van der Waals surface area contributed by atoms with E-state index in [1.54, 1.807) is 0 Å². The van der Waals surface area contributed by atoms with Gasteiger partial charge in [0.2, 0.25) is 5.91 Å². The lowest BCUT2D eigenvalue weighted by atomic mass is 9.62. The first-order valence-corrected chi connectivity index (χ1v) is 6.94. The molecule has 1 aliphatic carbocycles. The van der Waals surface area contributed by atoms with E-state index >= 15 is 0 Å². The maximum atomic E-state index is 12.5. The van der Waals surface area contributed by atoms with Gasteiger partial charge in [-0.25, -0.2) is 0 Å². The molecule has 0 unspecified atom stereocenters. The summed E-state index contributed by atoms with van der Waals surface area (Å²) >= 11 is 5.10. The van der Waals surface area contributed by atoms with Gasteiger partial charge in [-0.05, 0) is 44.2 Å². The average Bonchev–Trinajstić information content (AvgIpc) is 2.27. The van der Waals surface area contributed by atoms with Crippen molar-refractivity contribution in [3.8, 4) is 0 Å². The highest BCUT2D eigenvalue weighted by molar-refractivity contribution is 7.80. The van der Waals surface area contributed by atoms with Crippen LogP contribution in [0.25, 0.3) is 0 Å². The molecule has 3 nitrogen and oxygen atoms in total. The molecule has 0 aromatic heterocycles. The second kappa shape index (κ2) is 4.93. The van der Waals surface area contributed by atoms with Crippen LogP contribution in [0.3, 0.4) is 0 Å². The second-order valence-corrected chi connectivity index (χ2v) is 6.17. The van der Waals surface area contributed by atoms with E-state index < -0.39 is 5.41 Å². The van der Waals surface area contributed by atoms with Crippen molar-refractivity contribution in [3.05, 3.63) is 29.3 Å². The second-order valence-electron chi connectivity index (χ2n) is 5.73. The Morgan fingerprint density at radius 2 is 2.05 bits per heavy atom. The van der Waals surface area contributed by atoms with Crippen molar-refractivity contribution in [3.63, 3.8) is 0 Å². The molecule has 0 bridgehead atoms. The molecule has 0 aliphatic heterocycles. The predicted octanol–water partition coefficient (Wildman–Crippen LogP) is 2.94. The quantitative estimate of drug-likeness (QED) is 0.835. The Bertz CT molecular complexity index is 533. The average molecular weight is 276 g/mol. The molecule has 19 heavy (non-hydrogen) atoms. The van der Waals surface area contributed by atoms with Crippen molar-refractivity contribution in [1.82, 2.24) is 0 Å². The number of thiocarbonyl (C=S) groups is 1. The molecule has 0 saturated heterocycles. The molecule has 1 saturated carbocycles. The molecule has 3 N–H and O–H groups in total. The molecule has 1 aromatic carbocycles. The zero-order valence-electron chi connectivity index (χ0n) is 11.6. The third kappa shape index (κ3) is 2.50. The van der Waals surface area contributed by atoms with Gasteiger partial charge in [0.15, 0.2) is 0 Å². The number of nitrogens with one attached hydrogen (secondary N) is 1. The lowest BCUT2D eigenvalue weighted by Gasteiger charge is -2.44. The van der Waals surface area contributed by atoms with Crippen LogP contribution >= 0.6 is 12.2 Å². The van der Waals surface area contributed by atoms with Crippen LogP contribution in [-0.4, -0.2) is 10.9 Å². The summed E-state index contributed by atoms with van der Waals surface area (Å²) in [6, 6.07) is 5.96. The molecule has 4 heteroatoms. The van der Waals surface area contributed by atoms with Crippen molar-refractivity contribution in [2.24, 2.45) is 17.1 Å². The Balaban J connectivity index is 2.19. The van der Waals surface area contributed by atoms with Crippen LogP contribution in [0.4, 0.5) is 5.69 Å².